The minimum Gasteiger partial charge on any atom is -0.316 e. The third-order valence-electron chi connectivity index (χ3n) is 1.96. The SMILES string of the molecule is [2H]C1[C@@H]2CNC[C@H]1C2. The van der Waals surface area contributed by atoms with Gasteiger partial charge in [0.2, 0.25) is 0 Å². The summed E-state index contributed by atoms with van der Waals surface area (Å²) in [5, 5.41) is 3.29. The minimum atomic E-state index is 0.288. The van der Waals surface area contributed by atoms with Crippen molar-refractivity contribution in [3.63, 3.8) is 0 Å². The average molecular weight is 98.2 g/mol. The van der Waals surface area contributed by atoms with Gasteiger partial charge < -0.3 is 5.32 Å². The number of rotatable bonds is 0. The van der Waals surface area contributed by atoms with Crippen molar-refractivity contribution in [2.45, 2.75) is 12.8 Å². The van der Waals surface area contributed by atoms with Crippen LogP contribution in [0.15, 0.2) is 0 Å². The lowest BCUT2D eigenvalue weighted by molar-refractivity contribution is 0.135. The highest BCUT2D eigenvalue weighted by Gasteiger charge is 2.32. The van der Waals surface area contributed by atoms with E-state index < -0.39 is 0 Å². The number of hydrogen-bond donors (Lipinski definition) is 1. The van der Waals surface area contributed by atoms with Gasteiger partial charge in [-0.25, -0.2) is 0 Å². The first-order valence-corrected chi connectivity index (χ1v) is 3.01. The van der Waals surface area contributed by atoms with Crippen molar-refractivity contribution >= 4 is 0 Å². The van der Waals surface area contributed by atoms with E-state index in [2.05, 4.69) is 5.32 Å². The van der Waals surface area contributed by atoms with Crippen LogP contribution < -0.4 is 5.32 Å². The molecule has 1 heteroatoms. The Morgan fingerprint density at radius 3 is 2.43 bits per heavy atom. The van der Waals surface area contributed by atoms with E-state index in [9.17, 15) is 0 Å². The summed E-state index contributed by atoms with van der Waals surface area (Å²) in [4.78, 5) is 0. The molecule has 2 saturated heterocycles. The van der Waals surface area contributed by atoms with Crippen molar-refractivity contribution in [2.75, 3.05) is 13.1 Å². The van der Waals surface area contributed by atoms with E-state index in [-0.39, 0.29) is 6.40 Å². The molecule has 1 unspecified atom stereocenters. The molecule has 3 rings (SSSR count). The average Bonchev–Trinajstić information content (AvgIpc) is 1.89. The predicted molar refractivity (Wildman–Crippen MR) is 29.1 cm³/mol. The van der Waals surface area contributed by atoms with Gasteiger partial charge in [-0.2, -0.15) is 0 Å². The molecule has 3 fully saturated rings. The van der Waals surface area contributed by atoms with Crippen LogP contribution in [0.2, 0.25) is 0 Å². The summed E-state index contributed by atoms with van der Waals surface area (Å²) in [6.07, 6.45) is 1.61. The van der Waals surface area contributed by atoms with Crippen molar-refractivity contribution in [3.05, 3.63) is 0 Å². The van der Waals surface area contributed by atoms with E-state index in [1.165, 1.54) is 6.42 Å². The number of hydrogen-bond acceptors (Lipinski definition) is 1. The summed E-state index contributed by atoms with van der Waals surface area (Å²) in [7, 11) is 0. The van der Waals surface area contributed by atoms with Gasteiger partial charge in [0.25, 0.3) is 0 Å². The van der Waals surface area contributed by atoms with Crippen molar-refractivity contribution in [2.24, 2.45) is 11.8 Å². The summed E-state index contributed by atoms with van der Waals surface area (Å²) in [6, 6.07) is 0. The van der Waals surface area contributed by atoms with Crippen LogP contribution >= 0.6 is 0 Å². The molecule has 0 aromatic rings. The third-order valence-corrected chi connectivity index (χ3v) is 1.96. The van der Waals surface area contributed by atoms with Gasteiger partial charge in [-0.1, -0.05) is 0 Å². The zero-order valence-electron chi connectivity index (χ0n) is 5.35. The molecule has 2 heterocycles. The minimum absolute atomic E-state index is 0.288. The Balaban J connectivity index is 2.03. The number of nitrogens with one attached hydrogen (secondary N) is 1. The van der Waals surface area contributed by atoms with Gasteiger partial charge in [0.1, 0.15) is 0 Å². The van der Waals surface area contributed by atoms with Crippen LogP contribution in [-0.4, -0.2) is 13.1 Å². The highest BCUT2D eigenvalue weighted by atomic mass is 14.9. The van der Waals surface area contributed by atoms with Crippen molar-refractivity contribution in [1.29, 1.82) is 0 Å². The maximum atomic E-state index is 7.49. The summed E-state index contributed by atoms with van der Waals surface area (Å²) in [5.41, 5.74) is 0. The number of fused-ring (bicyclic) bond motifs is 2. The van der Waals surface area contributed by atoms with Crippen LogP contribution in [0.25, 0.3) is 0 Å². The molecule has 0 spiro atoms. The van der Waals surface area contributed by atoms with Crippen LogP contribution in [0.5, 0.6) is 0 Å². The fraction of sp³-hybridized carbons (Fsp3) is 1.00. The zero-order valence-corrected chi connectivity index (χ0v) is 4.35. The lowest BCUT2D eigenvalue weighted by Crippen LogP contribution is -2.45. The fourth-order valence-electron chi connectivity index (χ4n) is 1.49. The van der Waals surface area contributed by atoms with E-state index in [1.54, 1.807) is 0 Å². The smallest absolute Gasteiger partial charge is 0.0273 e. The third kappa shape index (κ3) is 0.480. The van der Waals surface area contributed by atoms with E-state index in [4.69, 9.17) is 1.37 Å². The zero-order chi connectivity index (χ0) is 5.56. The van der Waals surface area contributed by atoms with Crippen LogP contribution in [0.4, 0.5) is 0 Å². The highest BCUT2D eigenvalue weighted by Crippen LogP contribution is 2.35. The van der Waals surface area contributed by atoms with Gasteiger partial charge in [0.15, 0.2) is 0 Å². The maximum absolute atomic E-state index is 7.49. The normalized spacial score (nSPS) is 60.6. The van der Waals surface area contributed by atoms with E-state index in [0.29, 0.717) is 11.8 Å². The van der Waals surface area contributed by atoms with Gasteiger partial charge in [-0.15, -0.1) is 0 Å². The second-order valence-corrected chi connectivity index (χ2v) is 2.61. The molecular weight excluding hydrogens is 86.1 g/mol. The molecule has 2 bridgehead atoms. The summed E-state index contributed by atoms with van der Waals surface area (Å²) < 4.78 is 7.49. The van der Waals surface area contributed by atoms with Gasteiger partial charge >= 0.3 is 0 Å². The Morgan fingerprint density at radius 2 is 2.14 bits per heavy atom. The Labute approximate surface area is 45.5 Å². The molecule has 1 aliphatic carbocycles. The first-order chi connectivity index (χ1) is 3.88. The largest absolute Gasteiger partial charge is 0.316 e. The topological polar surface area (TPSA) is 12.0 Å². The molecule has 0 aromatic carbocycles. The van der Waals surface area contributed by atoms with Gasteiger partial charge in [0.05, 0.1) is 0 Å². The summed E-state index contributed by atoms with van der Waals surface area (Å²) in [6.45, 7) is 2.20. The summed E-state index contributed by atoms with van der Waals surface area (Å²) >= 11 is 0. The highest BCUT2D eigenvalue weighted by molar-refractivity contribution is 4.87. The predicted octanol–water partition coefficient (Wildman–Crippen LogP) is 0.616. The Bertz CT molecular complexity index is 90.7. The van der Waals surface area contributed by atoms with Gasteiger partial charge in [-0.05, 0) is 37.7 Å². The van der Waals surface area contributed by atoms with Crippen LogP contribution in [-0.2, 0) is 0 Å². The molecule has 2 aliphatic heterocycles. The molecule has 0 radical (unpaired) electrons. The van der Waals surface area contributed by atoms with Crippen molar-refractivity contribution in [3.8, 4) is 0 Å². The molecule has 1 N–H and O–H groups in total. The second kappa shape index (κ2) is 1.22. The lowest BCUT2D eigenvalue weighted by Gasteiger charge is -2.41. The molecule has 0 amide bonds. The van der Waals surface area contributed by atoms with Crippen LogP contribution in [0.3, 0.4) is 0 Å². The van der Waals surface area contributed by atoms with E-state index in [1.807, 2.05) is 0 Å². The van der Waals surface area contributed by atoms with Crippen LogP contribution in [0.1, 0.15) is 14.2 Å². The molecule has 3 atom stereocenters. The Morgan fingerprint density at radius 1 is 1.43 bits per heavy atom. The lowest BCUT2D eigenvalue weighted by atomic mass is 9.72. The number of piperidine rings is 2. The van der Waals surface area contributed by atoms with Crippen molar-refractivity contribution in [1.82, 2.24) is 5.32 Å². The first-order valence-electron chi connectivity index (χ1n) is 3.58. The molecule has 3 aliphatic rings. The molecule has 1 nitrogen and oxygen atoms in total. The van der Waals surface area contributed by atoms with Crippen LogP contribution in [0, 0.1) is 11.8 Å². The molecule has 40 valence electrons. The monoisotopic (exact) mass is 98.1 g/mol. The maximum Gasteiger partial charge on any atom is 0.0273 e. The standard InChI is InChI=1S/C6H11N/c1-5-2-6(1)4-7-3-5/h5-7H,1-4H2/t5-,6+/i1D/t1?,5-,6+. The van der Waals surface area contributed by atoms with Gasteiger partial charge in [-0.3, -0.25) is 0 Å². The first kappa shape index (κ1) is 3.08. The quantitative estimate of drug-likeness (QED) is 0.468. The molecule has 0 aromatic heterocycles. The molecular formula is C6H11N. The van der Waals surface area contributed by atoms with E-state index in [0.717, 1.165) is 13.1 Å². The Kier molecular flexibility index (Phi) is 0.537. The van der Waals surface area contributed by atoms with Gasteiger partial charge in [0, 0.05) is 1.37 Å². The van der Waals surface area contributed by atoms with Crippen molar-refractivity contribution < 1.29 is 1.37 Å². The Hall–Kier alpha value is -0.0400. The van der Waals surface area contributed by atoms with E-state index >= 15 is 0 Å². The second-order valence-electron chi connectivity index (χ2n) is 2.61. The molecule has 1 saturated carbocycles. The fourth-order valence-corrected chi connectivity index (χ4v) is 1.49. The summed E-state index contributed by atoms with van der Waals surface area (Å²) in [5.74, 6) is 1.41. The molecule has 7 heavy (non-hydrogen) atoms.